The van der Waals surface area contributed by atoms with E-state index >= 15 is 0 Å². The van der Waals surface area contributed by atoms with Gasteiger partial charge >= 0.3 is 0 Å². The van der Waals surface area contributed by atoms with Crippen LogP contribution in [0, 0.1) is 6.92 Å². The summed E-state index contributed by atoms with van der Waals surface area (Å²) in [6.45, 7) is 1.86. The van der Waals surface area contributed by atoms with E-state index in [-0.39, 0.29) is 11.7 Å². The van der Waals surface area contributed by atoms with Crippen molar-refractivity contribution in [3.63, 3.8) is 0 Å². The van der Waals surface area contributed by atoms with Gasteiger partial charge in [0, 0.05) is 9.37 Å². The summed E-state index contributed by atoms with van der Waals surface area (Å²) in [6.07, 6.45) is 0. The first-order valence-electron chi connectivity index (χ1n) is 6.26. The summed E-state index contributed by atoms with van der Waals surface area (Å²) in [5, 5.41) is 2.72. The highest BCUT2D eigenvalue weighted by atomic mass is 79.9. The monoisotopic (exact) mass is 366 g/mol. The van der Waals surface area contributed by atoms with Gasteiger partial charge in [-0.1, -0.05) is 28.1 Å². The highest BCUT2D eigenvalue weighted by Crippen LogP contribution is 2.22. The first-order chi connectivity index (χ1) is 9.97. The summed E-state index contributed by atoms with van der Waals surface area (Å²) >= 11 is 3.31. The van der Waals surface area contributed by atoms with Gasteiger partial charge in [-0.25, -0.2) is 0 Å². The highest BCUT2D eigenvalue weighted by molar-refractivity contribution is 9.10. The summed E-state index contributed by atoms with van der Waals surface area (Å²) in [6, 6.07) is 12.5. The third kappa shape index (κ3) is 4.15. The van der Waals surface area contributed by atoms with Crippen molar-refractivity contribution in [1.29, 1.82) is 0 Å². The molecule has 1 amide bonds. The standard InChI is InChI=1S/C15H15BrN2O2S/c1-10-3-2-4-13(17)15(10)18-14(19)9-21(20)12-7-5-11(16)6-8-12/h2-8H,9,17H2,1H3,(H,18,19). The lowest BCUT2D eigenvalue weighted by molar-refractivity contribution is -0.113. The normalized spacial score (nSPS) is 11.9. The quantitative estimate of drug-likeness (QED) is 0.816. The number of hydrogen-bond acceptors (Lipinski definition) is 3. The third-order valence-electron chi connectivity index (χ3n) is 2.91. The van der Waals surface area contributed by atoms with Gasteiger partial charge in [-0.05, 0) is 42.8 Å². The molecule has 0 aromatic heterocycles. The van der Waals surface area contributed by atoms with Gasteiger partial charge in [0.25, 0.3) is 0 Å². The van der Waals surface area contributed by atoms with E-state index in [0.29, 0.717) is 16.3 Å². The largest absolute Gasteiger partial charge is 0.397 e. The molecule has 1 atom stereocenters. The van der Waals surface area contributed by atoms with Gasteiger partial charge in [0.05, 0.1) is 22.2 Å². The minimum atomic E-state index is -1.38. The van der Waals surface area contributed by atoms with Gasteiger partial charge in [0.1, 0.15) is 5.75 Å². The number of aryl methyl sites for hydroxylation is 1. The fraction of sp³-hybridized carbons (Fsp3) is 0.133. The second-order valence-corrected chi connectivity index (χ2v) is 6.90. The first kappa shape index (κ1) is 15.7. The predicted octanol–water partition coefficient (Wildman–Crippen LogP) is 3.09. The maximum absolute atomic E-state index is 12.1. The van der Waals surface area contributed by atoms with Crippen LogP contribution >= 0.6 is 15.9 Å². The summed E-state index contributed by atoms with van der Waals surface area (Å²) in [4.78, 5) is 12.6. The van der Waals surface area contributed by atoms with Crippen LogP contribution in [-0.4, -0.2) is 15.9 Å². The van der Waals surface area contributed by atoms with Crippen LogP contribution in [0.25, 0.3) is 0 Å². The van der Waals surface area contributed by atoms with Crippen LogP contribution in [0.3, 0.4) is 0 Å². The Hall–Kier alpha value is -1.66. The number of carbonyl (C=O) groups excluding carboxylic acids is 1. The van der Waals surface area contributed by atoms with E-state index in [9.17, 15) is 9.00 Å². The van der Waals surface area contributed by atoms with Crippen molar-refractivity contribution in [3.8, 4) is 0 Å². The van der Waals surface area contributed by atoms with Crippen molar-refractivity contribution in [2.45, 2.75) is 11.8 Å². The molecular formula is C15H15BrN2O2S. The molecule has 6 heteroatoms. The molecule has 0 aliphatic heterocycles. The molecule has 0 fully saturated rings. The number of para-hydroxylation sites is 1. The van der Waals surface area contributed by atoms with Gasteiger partial charge in [-0.3, -0.25) is 9.00 Å². The van der Waals surface area contributed by atoms with Crippen LogP contribution in [0.4, 0.5) is 11.4 Å². The number of anilines is 2. The van der Waals surface area contributed by atoms with Crippen molar-refractivity contribution in [1.82, 2.24) is 0 Å². The Balaban J connectivity index is 2.05. The Labute approximate surface area is 134 Å². The molecular weight excluding hydrogens is 352 g/mol. The number of carbonyl (C=O) groups is 1. The maximum Gasteiger partial charge on any atom is 0.237 e. The Kier molecular flexibility index (Phi) is 5.14. The number of benzene rings is 2. The summed E-state index contributed by atoms with van der Waals surface area (Å²) in [5.74, 6) is -0.424. The van der Waals surface area contributed by atoms with E-state index in [1.165, 1.54) is 0 Å². The molecule has 0 radical (unpaired) electrons. The molecule has 110 valence electrons. The number of nitrogens with two attached hydrogens (primary N) is 1. The van der Waals surface area contributed by atoms with Crippen molar-refractivity contribution in [2.75, 3.05) is 16.8 Å². The number of halogens is 1. The lowest BCUT2D eigenvalue weighted by atomic mass is 10.1. The van der Waals surface area contributed by atoms with Gasteiger partial charge in [0.2, 0.25) is 5.91 Å². The van der Waals surface area contributed by atoms with E-state index in [4.69, 9.17) is 5.73 Å². The van der Waals surface area contributed by atoms with Crippen LogP contribution in [-0.2, 0) is 15.6 Å². The molecule has 2 aromatic rings. The molecule has 4 nitrogen and oxygen atoms in total. The Morgan fingerprint density at radius 1 is 1.24 bits per heavy atom. The molecule has 0 aliphatic carbocycles. The zero-order chi connectivity index (χ0) is 15.4. The smallest absolute Gasteiger partial charge is 0.237 e. The number of rotatable bonds is 4. The zero-order valence-electron chi connectivity index (χ0n) is 11.4. The third-order valence-corrected chi connectivity index (χ3v) is 4.76. The van der Waals surface area contributed by atoms with Crippen LogP contribution < -0.4 is 11.1 Å². The van der Waals surface area contributed by atoms with Crippen molar-refractivity contribution < 1.29 is 9.00 Å². The van der Waals surface area contributed by atoms with Gasteiger partial charge in [-0.2, -0.15) is 0 Å². The molecule has 1 unspecified atom stereocenters. The predicted molar refractivity (Wildman–Crippen MR) is 89.6 cm³/mol. The van der Waals surface area contributed by atoms with Crippen molar-refractivity contribution in [2.24, 2.45) is 0 Å². The molecule has 2 aromatic carbocycles. The number of nitrogen functional groups attached to an aromatic ring is 1. The van der Waals surface area contributed by atoms with Crippen LogP contribution in [0.15, 0.2) is 51.8 Å². The second-order valence-electron chi connectivity index (χ2n) is 4.53. The lowest BCUT2D eigenvalue weighted by Gasteiger charge is -2.11. The minimum Gasteiger partial charge on any atom is -0.397 e. The SMILES string of the molecule is Cc1cccc(N)c1NC(=O)CS(=O)c1ccc(Br)cc1. The second kappa shape index (κ2) is 6.87. The number of hydrogen-bond donors (Lipinski definition) is 2. The Morgan fingerprint density at radius 2 is 1.90 bits per heavy atom. The first-order valence-corrected chi connectivity index (χ1v) is 8.37. The fourth-order valence-corrected chi connectivity index (χ4v) is 3.01. The summed E-state index contributed by atoms with van der Waals surface area (Å²) in [7, 11) is -1.38. The molecule has 0 spiro atoms. The average Bonchev–Trinajstić information content (AvgIpc) is 2.43. The number of amides is 1. The fourth-order valence-electron chi connectivity index (χ4n) is 1.83. The van der Waals surface area contributed by atoms with E-state index < -0.39 is 10.8 Å². The van der Waals surface area contributed by atoms with Crippen LogP contribution in [0.5, 0.6) is 0 Å². The molecule has 0 bridgehead atoms. The van der Waals surface area contributed by atoms with E-state index in [2.05, 4.69) is 21.2 Å². The van der Waals surface area contributed by atoms with Crippen molar-refractivity contribution in [3.05, 3.63) is 52.5 Å². The molecule has 0 saturated heterocycles. The van der Waals surface area contributed by atoms with Crippen LogP contribution in [0.1, 0.15) is 5.56 Å². The Bertz CT molecular complexity index is 666. The van der Waals surface area contributed by atoms with Gasteiger partial charge in [-0.15, -0.1) is 0 Å². The molecule has 0 saturated carbocycles. The summed E-state index contributed by atoms with van der Waals surface area (Å²) in [5.41, 5.74) is 7.78. The lowest BCUT2D eigenvalue weighted by Crippen LogP contribution is -2.20. The van der Waals surface area contributed by atoms with Gasteiger partial charge in [0.15, 0.2) is 0 Å². The van der Waals surface area contributed by atoms with E-state index in [1.807, 2.05) is 19.1 Å². The molecule has 3 N–H and O–H groups in total. The molecule has 0 heterocycles. The topological polar surface area (TPSA) is 72.2 Å². The maximum atomic E-state index is 12.1. The molecule has 0 aliphatic rings. The highest BCUT2D eigenvalue weighted by Gasteiger charge is 2.12. The summed E-state index contributed by atoms with van der Waals surface area (Å²) < 4.78 is 13.0. The number of nitrogens with one attached hydrogen (secondary N) is 1. The molecule has 2 rings (SSSR count). The van der Waals surface area contributed by atoms with Crippen molar-refractivity contribution >= 4 is 44.0 Å². The van der Waals surface area contributed by atoms with Crippen LogP contribution in [0.2, 0.25) is 0 Å². The van der Waals surface area contributed by atoms with E-state index in [1.54, 1.807) is 30.3 Å². The minimum absolute atomic E-state index is 0.102. The molecule has 21 heavy (non-hydrogen) atoms. The Morgan fingerprint density at radius 3 is 2.52 bits per heavy atom. The zero-order valence-corrected chi connectivity index (χ0v) is 13.8. The van der Waals surface area contributed by atoms with Gasteiger partial charge < -0.3 is 11.1 Å². The van der Waals surface area contributed by atoms with E-state index in [0.717, 1.165) is 10.0 Å². The average molecular weight is 367 g/mol.